The Bertz CT molecular complexity index is 841. The van der Waals surface area contributed by atoms with E-state index in [0.717, 1.165) is 11.1 Å². The van der Waals surface area contributed by atoms with Gasteiger partial charge in [0.25, 0.3) is 0 Å². The summed E-state index contributed by atoms with van der Waals surface area (Å²) < 4.78 is 15.3. The number of benzene rings is 2. The minimum absolute atomic E-state index is 0.0716. The van der Waals surface area contributed by atoms with Gasteiger partial charge in [-0.1, -0.05) is 35.9 Å². The van der Waals surface area contributed by atoms with Crippen LogP contribution in [0.25, 0.3) is 10.9 Å². The summed E-state index contributed by atoms with van der Waals surface area (Å²) in [6, 6.07) is 11.8. The number of para-hydroxylation sites is 1. The number of fused-ring (bicyclic) bond motifs is 1. The summed E-state index contributed by atoms with van der Waals surface area (Å²) in [4.78, 5) is 11.3. The first kappa shape index (κ1) is 13.6. The Morgan fingerprint density at radius 2 is 2.00 bits per heavy atom. The molecule has 3 rings (SSSR count). The standard InChI is InChI=1S/C16H11ClFNO2/c17-13-6-5-10(7-14(13)18)8-19-9-12(16(20)21)11-3-1-2-4-15(11)19/h1-7,9H,8H2,(H,20,21). The van der Waals surface area contributed by atoms with E-state index in [1.165, 1.54) is 12.1 Å². The molecule has 1 aromatic heterocycles. The average molecular weight is 304 g/mol. The van der Waals surface area contributed by atoms with E-state index in [1.54, 1.807) is 29.0 Å². The van der Waals surface area contributed by atoms with Crippen LogP contribution in [0.2, 0.25) is 5.02 Å². The summed E-state index contributed by atoms with van der Waals surface area (Å²) in [6.45, 7) is 0.377. The summed E-state index contributed by atoms with van der Waals surface area (Å²) in [6.07, 6.45) is 1.57. The highest BCUT2D eigenvalue weighted by atomic mass is 35.5. The van der Waals surface area contributed by atoms with Crippen molar-refractivity contribution in [2.45, 2.75) is 6.54 Å². The second kappa shape index (κ2) is 5.22. The number of aromatic nitrogens is 1. The van der Waals surface area contributed by atoms with Crippen LogP contribution in [0.3, 0.4) is 0 Å². The molecular weight excluding hydrogens is 293 g/mol. The molecule has 1 heterocycles. The molecular formula is C16H11ClFNO2. The maximum atomic E-state index is 13.5. The monoisotopic (exact) mass is 303 g/mol. The highest BCUT2D eigenvalue weighted by Crippen LogP contribution is 2.23. The van der Waals surface area contributed by atoms with Gasteiger partial charge in [0.05, 0.1) is 10.6 Å². The lowest BCUT2D eigenvalue weighted by molar-refractivity contribution is 0.0699. The normalized spacial score (nSPS) is 11.0. The van der Waals surface area contributed by atoms with Crippen LogP contribution in [0.4, 0.5) is 4.39 Å². The van der Waals surface area contributed by atoms with Crippen molar-refractivity contribution in [1.29, 1.82) is 0 Å². The number of carboxylic acids is 1. The first-order valence-corrected chi connectivity index (χ1v) is 6.69. The molecule has 0 amide bonds. The first-order chi connectivity index (χ1) is 10.1. The van der Waals surface area contributed by atoms with Crippen molar-refractivity contribution in [3.63, 3.8) is 0 Å². The summed E-state index contributed by atoms with van der Waals surface area (Å²) in [5, 5.41) is 9.99. The third-order valence-corrected chi connectivity index (χ3v) is 3.66. The van der Waals surface area contributed by atoms with Crippen molar-refractivity contribution in [1.82, 2.24) is 4.57 Å². The van der Waals surface area contributed by atoms with Crippen molar-refractivity contribution in [3.05, 3.63) is 70.6 Å². The molecule has 1 N–H and O–H groups in total. The van der Waals surface area contributed by atoms with E-state index in [4.69, 9.17) is 11.6 Å². The summed E-state index contributed by atoms with van der Waals surface area (Å²) in [5.41, 5.74) is 1.75. The molecule has 0 atom stereocenters. The molecule has 106 valence electrons. The lowest BCUT2D eigenvalue weighted by Gasteiger charge is -2.06. The molecule has 0 aliphatic carbocycles. The Labute approximate surface area is 125 Å². The van der Waals surface area contributed by atoms with Gasteiger partial charge in [-0.15, -0.1) is 0 Å². The molecule has 0 saturated carbocycles. The molecule has 0 fully saturated rings. The van der Waals surface area contributed by atoms with E-state index in [0.29, 0.717) is 11.9 Å². The van der Waals surface area contributed by atoms with Crippen LogP contribution in [0, 0.1) is 5.82 Å². The number of carbonyl (C=O) groups is 1. The highest BCUT2D eigenvalue weighted by Gasteiger charge is 2.14. The predicted molar refractivity (Wildman–Crippen MR) is 79.4 cm³/mol. The molecule has 0 spiro atoms. The summed E-state index contributed by atoms with van der Waals surface area (Å²) in [5.74, 6) is -1.46. The maximum absolute atomic E-state index is 13.5. The van der Waals surface area contributed by atoms with E-state index in [9.17, 15) is 14.3 Å². The maximum Gasteiger partial charge on any atom is 0.337 e. The van der Waals surface area contributed by atoms with Crippen molar-refractivity contribution in [3.8, 4) is 0 Å². The fraction of sp³-hybridized carbons (Fsp3) is 0.0625. The van der Waals surface area contributed by atoms with Crippen molar-refractivity contribution >= 4 is 28.5 Å². The van der Waals surface area contributed by atoms with Crippen LogP contribution in [0.1, 0.15) is 15.9 Å². The SMILES string of the molecule is O=C(O)c1cn(Cc2ccc(Cl)c(F)c2)c2ccccc12. The first-order valence-electron chi connectivity index (χ1n) is 6.31. The second-order valence-electron chi connectivity index (χ2n) is 4.74. The second-order valence-corrected chi connectivity index (χ2v) is 5.15. The van der Waals surface area contributed by atoms with E-state index < -0.39 is 11.8 Å². The van der Waals surface area contributed by atoms with Gasteiger partial charge in [0.2, 0.25) is 0 Å². The van der Waals surface area contributed by atoms with Crippen molar-refractivity contribution < 1.29 is 14.3 Å². The molecule has 0 bridgehead atoms. The third kappa shape index (κ3) is 2.50. The molecule has 3 nitrogen and oxygen atoms in total. The molecule has 2 aromatic carbocycles. The summed E-state index contributed by atoms with van der Waals surface area (Å²) in [7, 11) is 0. The smallest absolute Gasteiger partial charge is 0.337 e. The quantitative estimate of drug-likeness (QED) is 0.788. The van der Waals surface area contributed by atoms with Crippen LogP contribution >= 0.6 is 11.6 Å². The van der Waals surface area contributed by atoms with E-state index in [2.05, 4.69) is 0 Å². The Balaban J connectivity index is 2.08. The number of hydrogen-bond acceptors (Lipinski definition) is 1. The van der Waals surface area contributed by atoms with Gasteiger partial charge in [-0.05, 0) is 23.8 Å². The predicted octanol–water partition coefficient (Wildman–Crippen LogP) is 4.18. The van der Waals surface area contributed by atoms with E-state index in [1.807, 2.05) is 12.1 Å². The molecule has 3 aromatic rings. The largest absolute Gasteiger partial charge is 0.478 e. The van der Waals surface area contributed by atoms with Gasteiger partial charge in [0.1, 0.15) is 5.82 Å². The van der Waals surface area contributed by atoms with Gasteiger partial charge in [-0.3, -0.25) is 0 Å². The molecule has 0 aliphatic rings. The third-order valence-electron chi connectivity index (χ3n) is 3.36. The number of hydrogen-bond donors (Lipinski definition) is 1. The zero-order valence-electron chi connectivity index (χ0n) is 10.9. The molecule has 21 heavy (non-hydrogen) atoms. The van der Waals surface area contributed by atoms with E-state index >= 15 is 0 Å². The molecule has 5 heteroatoms. The van der Waals surface area contributed by atoms with Crippen LogP contribution in [0.5, 0.6) is 0 Å². The lowest BCUT2D eigenvalue weighted by Crippen LogP contribution is -1.99. The van der Waals surface area contributed by atoms with Gasteiger partial charge in [-0.25, -0.2) is 9.18 Å². The van der Waals surface area contributed by atoms with Gasteiger partial charge >= 0.3 is 5.97 Å². The molecule has 0 aliphatic heterocycles. The highest BCUT2D eigenvalue weighted by molar-refractivity contribution is 6.30. The van der Waals surface area contributed by atoms with Crippen LogP contribution in [0.15, 0.2) is 48.7 Å². The topological polar surface area (TPSA) is 42.2 Å². The summed E-state index contributed by atoms with van der Waals surface area (Å²) >= 11 is 5.66. The van der Waals surface area contributed by atoms with Gasteiger partial charge in [0.15, 0.2) is 0 Å². The number of aromatic carboxylic acids is 1. The minimum atomic E-state index is -0.979. The van der Waals surface area contributed by atoms with Crippen molar-refractivity contribution in [2.75, 3.05) is 0 Å². The fourth-order valence-corrected chi connectivity index (χ4v) is 2.50. The number of carboxylic acid groups (broad SMARTS) is 1. The fourth-order valence-electron chi connectivity index (χ4n) is 2.38. The van der Waals surface area contributed by atoms with Gasteiger partial charge in [0, 0.05) is 23.6 Å². The Morgan fingerprint density at radius 1 is 1.24 bits per heavy atom. The number of nitrogens with zero attached hydrogens (tertiary/aromatic N) is 1. The average Bonchev–Trinajstić information content (AvgIpc) is 2.82. The van der Waals surface area contributed by atoms with Gasteiger partial charge < -0.3 is 9.67 Å². The molecule has 0 unspecified atom stereocenters. The lowest BCUT2D eigenvalue weighted by atomic mass is 10.2. The van der Waals surface area contributed by atoms with Crippen LogP contribution in [-0.4, -0.2) is 15.6 Å². The number of rotatable bonds is 3. The zero-order chi connectivity index (χ0) is 15.0. The Kier molecular flexibility index (Phi) is 3.39. The zero-order valence-corrected chi connectivity index (χ0v) is 11.6. The molecule has 0 saturated heterocycles. The Morgan fingerprint density at radius 3 is 2.71 bits per heavy atom. The molecule has 0 radical (unpaired) electrons. The van der Waals surface area contributed by atoms with Gasteiger partial charge in [-0.2, -0.15) is 0 Å². The van der Waals surface area contributed by atoms with E-state index in [-0.39, 0.29) is 10.6 Å². The van der Waals surface area contributed by atoms with Crippen LogP contribution < -0.4 is 0 Å². The number of halogens is 2. The van der Waals surface area contributed by atoms with Crippen molar-refractivity contribution in [2.24, 2.45) is 0 Å². The Hall–Kier alpha value is -2.33. The minimum Gasteiger partial charge on any atom is -0.478 e. The van der Waals surface area contributed by atoms with Crippen LogP contribution in [-0.2, 0) is 6.54 Å².